The smallest absolute Gasteiger partial charge is 0.276 e. The Morgan fingerprint density at radius 1 is 1.14 bits per heavy atom. The second-order valence-electron chi connectivity index (χ2n) is 4.05. The number of methoxy groups -OCH3 is 1. The van der Waals surface area contributed by atoms with Gasteiger partial charge in [-0.05, 0) is 30.3 Å². The topological polar surface area (TPSA) is 67.8 Å². The van der Waals surface area contributed by atoms with E-state index in [0.29, 0.717) is 5.75 Å². The molecule has 0 fully saturated rings. The lowest BCUT2D eigenvalue weighted by atomic mass is 10.2. The molecule has 0 aliphatic carbocycles. The monoisotopic (exact) mass is 308 g/mol. The van der Waals surface area contributed by atoms with Crippen LogP contribution in [0.15, 0.2) is 58.5 Å². The minimum atomic E-state index is -3.79. The molecule has 2 rings (SSSR count). The van der Waals surface area contributed by atoms with Crippen molar-refractivity contribution in [2.24, 2.45) is 5.10 Å². The first-order valence-corrected chi connectivity index (χ1v) is 7.45. The van der Waals surface area contributed by atoms with Crippen LogP contribution in [-0.4, -0.2) is 21.7 Å². The predicted molar refractivity (Wildman–Crippen MR) is 77.3 cm³/mol. The van der Waals surface area contributed by atoms with Gasteiger partial charge in [0.05, 0.1) is 18.2 Å². The summed E-state index contributed by atoms with van der Waals surface area (Å²) < 4.78 is 42.2. The first kappa shape index (κ1) is 15.0. The third-order valence-corrected chi connectivity index (χ3v) is 3.89. The van der Waals surface area contributed by atoms with Crippen molar-refractivity contribution in [1.82, 2.24) is 4.83 Å². The highest BCUT2D eigenvalue weighted by molar-refractivity contribution is 7.89. The average molecular weight is 308 g/mol. The SMILES string of the molecule is COc1ccc(S(=O)(=O)N/N=C\c2ccccc2F)cc1. The third-order valence-electron chi connectivity index (χ3n) is 2.65. The molecular formula is C14H13FN2O3S. The molecule has 2 aromatic carbocycles. The van der Waals surface area contributed by atoms with Crippen LogP contribution in [0, 0.1) is 5.82 Å². The predicted octanol–water partition coefficient (Wildman–Crippen LogP) is 2.15. The van der Waals surface area contributed by atoms with Crippen LogP contribution in [0.2, 0.25) is 0 Å². The van der Waals surface area contributed by atoms with Gasteiger partial charge in [0.25, 0.3) is 10.0 Å². The van der Waals surface area contributed by atoms with Crippen molar-refractivity contribution in [1.29, 1.82) is 0 Å². The maximum atomic E-state index is 13.3. The van der Waals surface area contributed by atoms with E-state index in [9.17, 15) is 12.8 Å². The molecule has 0 saturated heterocycles. The van der Waals surface area contributed by atoms with Gasteiger partial charge in [-0.25, -0.2) is 9.22 Å². The standard InChI is InChI=1S/C14H13FN2O3S/c1-20-12-6-8-13(9-7-12)21(18,19)17-16-10-11-4-2-3-5-14(11)15/h2-10,17H,1H3/b16-10-. The van der Waals surface area contributed by atoms with Crippen LogP contribution < -0.4 is 9.57 Å². The van der Waals surface area contributed by atoms with Gasteiger partial charge >= 0.3 is 0 Å². The highest BCUT2D eigenvalue weighted by atomic mass is 32.2. The molecular weight excluding hydrogens is 295 g/mol. The lowest BCUT2D eigenvalue weighted by Crippen LogP contribution is -2.18. The molecule has 21 heavy (non-hydrogen) atoms. The normalized spacial score (nSPS) is 11.5. The number of sulfonamides is 1. The largest absolute Gasteiger partial charge is 0.497 e. The number of nitrogens with zero attached hydrogens (tertiary/aromatic N) is 1. The van der Waals surface area contributed by atoms with Gasteiger partial charge in [-0.3, -0.25) is 0 Å². The van der Waals surface area contributed by atoms with Crippen molar-refractivity contribution < 1.29 is 17.5 Å². The zero-order valence-electron chi connectivity index (χ0n) is 11.2. The molecule has 0 aromatic heterocycles. The van der Waals surface area contributed by atoms with Crippen LogP contribution in [0.1, 0.15) is 5.56 Å². The summed E-state index contributed by atoms with van der Waals surface area (Å²) >= 11 is 0. The van der Waals surface area contributed by atoms with Crippen LogP contribution in [0.4, 0.5) is 4.39 Å². The lowest BCUT2D eigenvalue weighted by molar-refractivity contribution is 0.414. The van der Waals surface area contributed by atoms with E-state index in [-0.39, 0.29) is 10.5 Å². The molecule has 7 heteroatoms. The van der Waals surface area contributed by atoms with Gasteiger partial charge in [-0.1, -0.05) is 18.2 Å². The van der Waals surface area contributed by atoms with E-state index in [4.69, 9.17) is 4.74 Å². The first-order valence-electron chi connectivity index (χ1n) is 5.96. The maximum absolute atomic E-state index is 13.3. The van der Waals surface area contributed by atoms with E-state index < -0.39 is 15.8 Å². The van der Waals surface area contributed by atoms with E-state index in [0.717, 1.165) is 6.21 Å². The van der Waals surface area contributed by atoms with E-state index in [2.05, 4.69) is 5.10 Å². The summed E-state index contributed by atoms with van der Waals surface area (Å²) in [5.74, 6) is 0.0636. The fourth-order valence-electron chi connectivity index (χ4n) is 1.55. The van der Waals surface area contributed by atoms with Gasteiger partial charge in [-0.15, -0.1) is 0 Å². The summed E-state index contributed by atoms with van der Waals surface area (Å²) in [5.41, 5.74) is 0.190. The summed E-state index contributed by atoms with van der Waals surface area (Å²) in [6.45, 7) is 0. The van der Waals surface area contributed by atoms with Crippen molar-refractivity contribution in [3.05, 3.63) is 59.9 Å². The van der Waals surface area contributed by atoms with Gasteiger partial charge in [0.1, 0.15) is 11.6 Å². The molecule has 110 valence electrons. The molecule has 0 aliphatic rings. The Balaban J connectivity index is 2.12. The lowest BCUT2D eigenvalue weighted by Gasteiger charge is -2.04. The summed E-state index contributed by atoms with van der Waals surface area (Å²) in [7, 11) is -2.31. The molecule has 0 aliphatic heterocycles. The Morgan fingerprint density at radius 3 is 2.43 bits per heavy atom. The first-order chi connectivity index (χ1) is 10.0. The number of nitrogens with one attached hydrogen (secondary N) is 1. The Kier molecular flexibility index (Phi) is 4.54. The van der Waals surface area contributed by atoms with Crippen LogP contribution in [0.25, 0.3) is 0 Å². The number of hydrogen-bond donors (Lipinski definition) is 1. The second-order valence-corrected chi connectivity index (χ2v) is 5.71. The molecule has 0 radical (unpaired) electrons. The van der Waals surface area contributed by atoms with Crippen molar-refractivity contribution in [3.8, 4) is 5.75 Å². The number of rotatable bonds is 5. The van der Waals surface area contributed by atoms with Crippen molar-refractivity contribution in [3.63, 3.8) is 0 Å². The minimum absolute atomic E-state index is 0.0361. The van der Waals surface area contributed by atoms with Gasteiger partial charge in [0, 0.05) is 5.56 Å². The van der Waals surface area contributed by atoms with Gasteiger partial charge < -0.3 is 4.74 Å². The zero-order chi connectivity index (χ0) is 15.3. The molecule has 0 bridgehead atoms. The quantitative estimate of drug-likeness (QED) is 0.680. The summed E-state index contributed by atoms with van der Waals surface area (Å²) in [4.78, 5) is 2.06. The van der Waals surface area contributed by atoms with E-state index >= 15 is 0 Å². The van der Waals surface area contributed by atoms with E-state index in [1.807, 2.05) is 4.83 Å². The number of ether oxygens (including phenoxy) is 1. The van der Waals surface area contributed by atoms with Gasteiger partial charge in [-0.2, -0.15) is 13.5 Å². The van der Waals surface area contributed by atoms with Crippen LogP contribution in [0.3, 0.4) is 0 Å². The molecule has 0 saturated carbocycles. The summed E-state index contributed by atoms with van der Waals surface area (Å²) in [6.07, 6.45) is 1.11. The Morgan fingerprint density at radius 2 is 1.81 bits per heavy atom. The Hall–Kier alpha value is -2.41. The van der Waals surface area contributed by atoms with Crippen LogP contribution in [0.5, 0.6) is 5.75 Å². The second kappa shape index (κ2) is 6.36. The molecule has 0 atom stereocenters. The fourth-order valence-corrected chi connectivity index (χ4v) is 2.34. The van der Waals surface area contributed by atoms with Gasteiger partial charge in [0.15, 0.2) is 0 Å². The number of halogens is 1. The molecule has 5 nitrogen and oxygen atoms in total. The number of benzene rings is 2. The van der Waals surface area contributed by atoms with Crippen molar-refractivity contribution >= 4 is 16.2 Å². The summed E-state index contributed by atoms with van der Waals surface area (Å²) in [6, 6.07) is 11.7. The molecule has 2 aromatic rings. The van der Waals surface area contributed by atoms with E-state index in [1.165, 1.54) is 49.6 Å². The maximum Gasteiger partial charge on any atom is 0.276 e. The van der Waals surface area contributed by atoms with Crippen molar-refractivity contribution in [2.75, 3.05) is 7.11 Å². The third kappa shape index (κ3) is 3.79. The van der Waals surface area contributed by atoms with Gasteiger partial charge in [0.2, 0.25) is 0 Å². The molecule has 0 spiro atoms. The highest BCUT2D eigenvalue weighted by Crippen LogP contribution is 2.15. The van der Waals surface area contributed by atoms with Crippen LogP contribution in [-0.2, 0) is 10.0 Å². The highest BCUT2D eigenvalue weighted by Gasteiger charge is 2.12. The van der Waals surface area contributed by atoms with Crippen LogP contribution >= 0.6 is 0 Å². The van der Waals surface area contributed by atoms with Crippen molar-refractivity contribution in [2.45, 2.75) is 4.90 Å². The number of hydrazone groups is 1. The number of hydrogen-bond acceptors (Lipinski definition) is 4. The Labute approximate surface area is 122 Å². The zero-order valence-corrected chi connectivity index (χ0v) is 12.0. The molecule has 0 heterocycles. The summed E-state index contributed by atoms with van der Waals surface area (Å²) in [5, 5.41) is 3.56. The van der Waals surface area contributed by atoms with E-state index in [1.54, 1.807) is 6.07 Å². The molecule has 1 N–H and O–H groups in total. The average Bonchev–Trinajstić information content (AvgIpc) is 2.49. The molecule has 0 unspecified atom stereocenters. The Bertz CT molecular complexity index is 743. The fraction of sp³-hybridized carbons (Fsp3) is 0.0714. The molecule has 0 amide bonds. The minimum Gasteiger partial charge on any atom is -0.497 e.